The molecule has 1 heteroatoms. The molecule has 0 aliphatic heterocycles. The molecule has 0 saturated carbocycles. The molecule has 80 valence electrons. The highest BCUT2D eigenvalue weighted by Crippen LogP contribution is 2.30. The van der Waals surface area contributed by atoms with Crippen molar-refractivity contribution in [3.8, 4) is 0 Å². The minimum Gasteiger partial charge on any atom is -0.140 e. The van der Waals surface area contributed by atoms with E-state index in [0.29, 0.717) is 0 Å². The van der Waals surface area contributed by atoms with E-state index in [2.05, 4.69) is 52.0 Å². The first-order valence-corrected chi connectivity index (χ1v) is 6.35. The first-order valence-electron chi connectivity index (χ1n) is 5.53. The second kappa shape index (κ2) is 3.64. The molecule has 0 fully saturated rings. The number of hydrogen-bond acceptors (Lipinski definition) is 1. The molecule has 1 aromatic carbocycles. The maximum absolute atomic E-state index is 2.34. The average molecular weight is 218 g/mol. The highest BCUT2D eigenvalue weighted by atomic mass is 32.1. The summed E-state index contributed by atoms with van der Waals surface area (Å²) in [5, 5.41) is 1.41. The van der Waals surface area contributed by atoms with Crippen molar-refractivity contribution in [2.24, 2.45) is 0 Å². The second-order valence-electron chi connectivity index (χ2n) is 5.07. The van der Waals surface area contributed by atoms with Gasteiger partial charge in [0.05, 0.1) is 0 Å². The van der Waals surface area contributed by atoms with Crippen molar-refractivity contribution < 1.29 is 0 Å². The Bertz CT molecular complexity index is 472. The van der Waals surface area contributed by atoms with E-state index in [1.54, 1.807) is 0 Å². The highest BCUT2D eigenvalue weighted by molar-refractivity contribution is 7.19. The van der Waals surface area contributed by atoms with E-state index in [1.807, 2.05) is 11.3 Å². The van der Waals surface area contributed by atoms with Crippen LogP contribution in [-0.4, -0.2) is 0 Å². The predicted octanol–water partition coefficient (Wildman–Crippen LogP) is 4.76. The van der Waals surface area contributed by atoms with E-state index in [9.17, 15) is 0 Å². The Kier molecular flexibility index (Phi) is 2.59. The second-order valence-corrected chi connectivity index (χ2v) is 6.24. The van der Waals surface area contributed by atoms with Gasteiger partial charge >= 0.3 is 0 Å². The van der Waals surface area contributed by atoms with Gasteiger partial charge in [-0.3, -0.25) is 0 Å². The fraction of sp³-hybridized carbons (Fsp3) is 0.429. The van der Waals surface area contributed by atoms with Gasteiger partial charge in [0.1, 0.15) is 0 Å². The van der Waals surface area contributed by atoms with E-state index < -0.39 is 0 Å². The first kappa shape index (κ1) is 10.7. The van der Waals surface area contributed by atoms with E-state index >= 15 is 0 Å². The molecule has 0 amide bonds. The summed E-state index contributed by atoms with van der Waals surface area (Å²) in [6.07, 6.45) is 1.14. The average Bonchev–Trinajstić information content (AvgIpc) is 2.57. The lowest BCUT2D eigenvalue weighted by atomic mass is 9.87. The van der Waals surface area contributed by atoms with Gasteiger partial charge in [-0.2, -0.15) is 0 Å². The van der Waals surface area contributed by atoms with Crippen molar-refractivity contribution in [3.05, 3.63) is 34.7 Å². The molecule has 0 aliphatic carbocycles. The summed E-state index contributed by atoms with van der Waals surface area (Å²) in [5.41, 5.74) is 1.68. The lowest BCUT2D eigenvalue weighted by molar-refractivity contribution is 0.591. The molecule has 0 nitrogen and oxygen atoms in total. The normalized spacial score (nSPS) is 12.3. The van der Waals surface area contributed by atoms with Crippen LogP contribution in [0.4, 0.5) is 0 Å². The molecule has 0 bridgehead atoms. The van der Waals surface area contributed by atoms with Crippen molar-refractivity contribution in [3.63, 3.8) is 0 Å². The Hall–Kier alpha value is -0.820. The number of aryl methyl sites for hydroxylation is 1. The van der Waals surface area contributed by atoms with Crippen LogP contribution in [0.1, 0.15) is 38.1 Å². The summed E-state index contributed by atoms with van der Waals surface area (Å²) in [6, 6.07) is 9.19. The molecule has 0 spiro atoms. The molecule has 0 N–H and O–H groups in total. The first-order chi connectivity index (χ1) is 7.00. The van der Waals surface area contributed by atoms with Crippen LogP contribution in [0.2, 0.25) is 0 Å². The third kappa shape index (κ3) is 2.07. The zero-order valence-corrected chi connectivity index (χ0v) is 10.7. The van der Waals surface area contributed by atoms with Gasteiger partial charge in [0, 0.05) is 9.58 Å². The number of fused-ring (bicyclic) bond motifs is 1. The van der Waals surface area contributed by atoms with Crippen molar-refractivity contribution in [1.82, 2.24) is 0 Å². The van der Waals surface area contributed by atoms with Crippen LogP contribution < -0.4 is 0 Å². The van der Waals surface area contributed by atoms with Crippen LogP contribution in [0.25, 0.3) is 10.1 Å². The Morgan fingerprint density at radius 3 is 2.47 bits per heavy atom. The van der Waals surface area contributed by atoms with Gasteiger partial charge in [-0.15, -0.1) is 11.3 Å². The van der Waals surface area contributed by atoms with Crippen molar-refractivity contribution in [2.45, 2.75) is 39.5 Å². The molecule has 1 heterocycles. The zero-order chi connectivity index (χ0) is 11.1. The van der Waals surface area contributed by atoms with Gasteiger partial charge in [-0.05, 0) is 41.0 Å². The molecule has 0 atom stereocenters. The fourth-order valence-electron chi connectivity index (χ4n) is 1.74. The number of rotatable bonds is 1. The largest absolute Gasteiger partial charge is 0.140 e. The SMILES string of the molecule is CCc1cc2cc(C(C)(C)C)ccc2s1. The zero-order valence-electron chi connectivity index (χ0n) is 9.92. The number of hydrogen-bond donors (Lipinski definition) is 0. The summed E-state index contributed by atoms with van der Waals surface area (Å²) < 4.78 is 1.42. The van der Waals surface area contributed by atoms with Crippen molar-refractivity contribution in [1.29, 1.82) is 0 Å². The predicted molar refractivity (Wildman–Crippen MR) is 69.9 cm³/mol. The quantitative estimate of drug-likeness (QED) is 0.647. The topological polar surface area (TPSA) is 0 Å². The molecular formula is C14H18S. The molecule has 0 unspecified atom stereocenters. The van der Waals surface area contributed by atoms with Gasteiger partial charge < -0.3 is 0 Å². The summed E-state index contributed by atoms with van der Waals surface area (Å²) in [5.74, 6) is 0. The summed E-state index contributed by atoms with van der Waals surface area (Å²) in [4.78, 5) is 1.48. The van der Waals surface area contributed by atoms with Crippen LogP contribution in [0.15, 0.2) is 24.3 Å². The van der Waals surface area contributed by atoms with E-state index in [-0.39, 0.29) is 5.41 Å². The molecular weight excluding hydrogens is 200 g/mol. The van der Waals surface area contributed by atoms with Crippen LogP contribution in [0.3, 0.4) is 0 Å². The third-order valence-corrected chi connectivity index (χ3v) is 4.04. The standard InChI is InChI=1S/C14H18S/c1-5-12-9-10-8-11(14(2,3)4)6-7-13(10)15-12/h6-9H,5H2,1-4H3. The molecule has 0 aliphatic rings. The van der Waals surface area contributed by atoms with Crippen LogP contribution >= 0.6 is 11.3 Å². The Morgan fingerprint density at radius 1 is 1.13 bits per heavy atom. The minimum atomic E-state index is 0.252. The summed E-state index contributed by atoms with van der Waals surface area (Å²) >= 11 is 1.92. The summed E-state index contributed by atoms with van der Waals surface area (Å²) in [7, 11) is 0. The van der Waals surface area contributed by atoms with E-state index in [0.717, 1.165) is 6.42 Å². The smallest absolute Gasteiger partial charge is 0.0345 e. The van der Waals surface area contributed by atoms with Crippen LogP contribution in [0, 0.1) is 0 Å². The maximum atomic E-state index is 2.34. The van der Waals surface area contributed by atoms with E-state index in [4.69, 9.17) is 0 Å². The third-order valence-electron chi connectivity index (χ3n) is 2.78. The lowest BCUT2D eigenvalue weighted by Gasteiger charge is -2.18. The fourth-order valence-corrected chi connectivity index (χ4v) is 2.72. The number of benzene rings is 1. The van der Waals surface area contributed by atoms with Gasteiger partial charge in [-0.25, -0.2) is 0 Å². The van der Waals surface area contributed by atoms with Gasteiger partial charge in [0.25, 0.3) is 0 Å². The Balaban J connectivity index is 2.55. The molecule has 0 saturated heterocycles. The molecule has 2 aromatic rings. The van der Waals surface area contributed by atoms with Crippen molar-refractivity contribution >= 4 is 21.4 Å². The van der Waals surface area contributed by atoms with Crippen molar-refractivity contribution in [2.75, 3.05) is 0 Å². The van der Waals surface area contributed by atoms with Gasteiger partial charge in [0.15, 0.2) is 0 Å². The maximum Gasteiger partial charge on any atom is 0.0345 e. The molecule has 1 aromatic heterocycles. The number of thiophene rings is 1. The van der Waals surface area contributed by atoms with Crippen LogP contribution in [-0.2, 0) is 11.8 Å². The van der Waals surface area contributed by atoms with Gasteiger partial charge in [0.2, 0.25) is 0 Å². The van der Waals surface area contributed by atoms with Gasteiger partial charge in [-0.1, -0.05) is 33.8 Å². The minimum absolute atomic E-state index is 0.252. The molecule has 2 rings (SSSR count). The monoisotopic (exact) mass is 218 g/mol. The van der Waals surface area contributed by atoms with E-state index in [1.165, 1.54) is 20.5 Å². The highest BCUT2D eigenvalue weighted by Gasteiger charge is 2.14. The molecule has 15 heavy (non-hydrogen) atoms. The van der Waals surface area contributed by atoms with Crippen LogP contribution in [0.5, 0.6) is 0 Å². The Labute approximate surface area is 95.9 Å². The lowest BCUT2D eigenvalue weighted by Crippen LogP contribution is -2.10. The molecule has 0 radical (unpaired) electrons. The summed E-state index contributed by atoms with van der Waals surface area (Å²) in [6.45, 7) is 9.01. The Morgan fingerprint density at radius 2 is 1.87 bits per heavy atom.